The molecule has 2 aromatic rings. The highest BCUT2D eigenvalue weighted by Crippen LogP contribution is 2.47. The first kappa shape index (κ1) is 18.9. The average Bonchev–Trinajstić information content (AvgIpc) is 2.88. The van der Waals surface area contributed by atoms with Crippen molar-refractivity contribution in [3.05, 3.63) is 77.4 Å². The molecule has 1 unspecified atom stereocenters. The van der Waals surface area contributed by atoms with Crippen molar-refractivity contribution in [2.45, 2.75) is 46.1 Å². The highest BCUT2D eigenvalue weighted by atomic mass is 16.2. The van der Waals surface area contributed by atoms with Crippen LogP contribution in [-0.2, 0) is 11.3 Å². The third kappa shape index (κ3) is 3.80. The van der Waals surface area contributed by atoms with Crippen molar-refractivity contribution in [2.75, 3.05) is 0 Å². The van der Waals surface area contributed by atoms with Crippen LogP contribution in [0.2, 0.25) is 0 Å². The summed E-state index contributed by atoms with van der Waals surface area (Å²) in [4.78, 5) is 15.5. The summed E-state index contributed by atoms with van der Waals surface area (Å²) < 4.78 is 0. The van der Waals surface area contributed by atoms with Crippen LogP contribution in [0.4, 0.5) is 0 Å². The average molecular weight is 358 g/mol. The van der Waals surface area contributed by atoms with Crippen LogP contribution in [-0.4, -0.2) is 10.8 Å². The standard InChI is InChI=1S/C24H26N2O/c1-19-22(21-14-8-4-9-15-21)26(18-20-12-6-3-7-13-20)23(27)24(19,2)16-10-5-11-17-25/h3-4,6-9,12-15H,5,10-11,16,18H2,1-2H3. The van der Waals surface area contributed by atoms with Gasteiger partial charge in [-0.25, -0.2) is 0 Å². The van der Waals surface area contributed by atoms with E-state index in [1.54, 1.807) is 0 Å². The third-order valence-corrected chi connectivity index (χ3v) is 5.62. The van der Waals surface area contributed by atoms with Gasteiger partial charge in [-0.05, 0) is 43.4 Å². The summed E-state index contributed by atoms with van der Waals surface area (Å²) in [6.07, 6.45) is 3.05. The number of hydrogen-bond acceptors (Lipinski definition) is 2. The molecule has 0 aliphatic carbocycles. The van der Waals surface area contributed by atoms with E-state index in [2.05, 4.69) is 44.2 Å². The minimum atomic E-state index is -0.505. The molecule has 0 N–H and O–H groups in total. The van der Waals surface area contributed by atoms with Gasteiger partial charge in [-0.2, -0.15) is 5.26 Å². The van der Waals surface area contributed by atoms with E-state index < -0.39 is 5.41 Å². The number of carbonyl (C=O) groups excluding carboxylic acids is 1. The van der Waals surface area contributed by atoms with Gasteiger partial charge in [-0.3, -0.25) is 4.79 Å². The summed E-state index contributed by atoms with van der Waals surface area (Å²) in [7, 11) is 0. The Labute approximate surface area is 161 Å². The Morgan fingerprint density at radius 2 is 1.63 bits per heavy atom. The highest BCUT2D eigenvalue weighted by molar-refractivity contribution is 6.00. The molecule has 3 rings (SSSR count). The fourth-order valence-electron chi connectivity index (χ4n) is 3.89. The van der Waals surface area contributed by atoms with E-state index in [9.17, 15) is 4.79 Å². The van der Waals surface area contributed by atoms with Gasteiger partial charge >= 0.3 is 0 Å². The zero-order valence-electron chi connectivity index (χ0n) is 16.1. The topological polar surface area (TPSA) is 44.1 Å². The normalized spacial score (nSPS) is 19.4. The Balaban J connectivity index is 1.96. The van der Waals surface area contributed by atoms with Crippen LogP contribution in [0.5, 0.6) is 0 Å². The van der Waals surface area contributed by atoms with Crippen molar-refractivity contribution in [3.63, 3.8) is 0 Å². The molecule has 0 spiro atoms. The van der Waals surface area contributed by atoms with E-state index in [1.165, 1.54) is 0 Å². The lowest BCUT2D eigenvalue weighted by Gasteiger charge is -2.26. The van der Waals surface area contributed by atoms with Gasteiger partial charge in [0, 0.05) is 6.42 Å². The minimum absolute atomic E-state index is 0.166. The van der Waals surface area contributed by atoms with E-state index in [1.807, 2.05) is 41.3 Å². The molecule has 1 amide bonds. The second-order valence-corrected chi connectivity index (χ2v) is 7.41. The molecule has 0 aromatic heterocycles. The van der Waals surface area contributed by atoms with Gasteiger partial charge in [0.2, 0.25) is 5.91 Å². The van der Waals surface area contributed by atoms with Gasteiger partial charge < -0.3 is 4.90 Å². The summed E-state index contributed by atoms with van der Waals surface area (Å²) in [6, 6.07) is 22.5. The lowest BCUT2D eigenvalue weighted by Crippen LogP contribution is -2.34. The molecule has 3 heteroatoms. The van der Waals surface area contributed by atoms with Gasteiger partial charge in [-0.1, -0.05) is 67.1 Å². The number of benzene rings is 2. The molecule has 0 saturated heterocycles. The van der Waals surface area contributed by atoms with Crippen molar-refractivity contribution in [2.24, 2.45) is 5.41 Å². The van der Waals surface area contributed by atoms with Crippen molar-refractivity contribution in [3.8, 4) is 6.07 Å². The maximum Gasteiger partial charge on any atom is 0.237 e. The number of amides is 1. The van der Waals surface area contributed by atoms with Gasteiger partial charge in [0.25, 0.3) is 0 Å². The van der Waals surface area contributed by atoms with Crippen molar-refractivity contribution in [1.29, 1.82) is 5.26 Å². The molecule has 0 fully saturated rings. The number of carbonyl (C=O) groups is 1. The second-order valence-electron chi connectivity index (χ2n) is 7.41. The van der Waals surface area contributed by atoms with Gasteiger partial charge in [0.1, 0.15) is 0 Å². The van der Waals surface area contributed by atoms with Crippen LogP contribution in [0.3, 0.4) is 0 Å². The molecule has 3 nitrogen and oxygen atoms in total. The quantitative estimate of drug-likeness (QED) is 0.609. The van der Waals surface area contributed by atoms with Crippen LogP contribution >= 0.6 is 0 Å². The fraction of sp³-hybridized carbons (Fsp3) is 0.333. The first-order valence-corrected chi connectivity index (χ1v) is 9.57. The highest BCUT2D eigenvalue weighted by Gasteiger charge is 2.46. The van der Waals surface area contributed by atoms with E-state index in [0.29, 0.717) is 13.0 Å². The van der Waals surface area contributed by atoms with Crippen molar-refractivity contribution in [1.82, 2.24) is 4.90 Å². The Kier molecular flexibility index (Phi) is 5.76. The van der Waals surface area contributed by atoms with Gasteiger partial charge in [0.05, 0.1) is 23.7 Å². The molecule has 138 valence electrons. The van der Waals surface area contributed by atoms with Gasteiger partial charge in [-0.15, -0.1) is 0 Å². The fourth-order valence-corrected chi connectivity index (χ4v) is 3.89. The maximum atomic E-state index is 13.5. The first-order chi connectivity index (χ1) is 13.1. The second kappa shape index (κ2) is 8.22. The van der Waals surface area contributed by atoms with Crippen LogP contribution in [0.15, 0.2) is 66.2 Å². The molecule has 1 aliphatic heterocycles. The van der Waals surface area contributed by atoms with Crippen LogP contribution in [0.25, 0.3) is 5.70 Å². The first-order valence-electron chi connectivity index (χ1n) is 9.57. The largest absolute Gasteiger partial charge is 0.307 e. The molecule has 27 heavy (non-hydrogen) atoms. The predicted molar refractivity (Wildman–Crippen MR) is 108 cm³/mol. The van der Waals surface area contributed by atoms with E-state index in [4.69, 9.17) is 5.26 Å². The smallest absolute Gasteiger partial charge is 0.237 e. The van der Waals surface area contributed by atoms with E-state index in [-0.39, 0.29) is 5.91 Å². The Hall–Kier alpha value is -2.86. The van der Waals surface area contributed by atoms with Crippen LogP contribution < -0.4 is 0 Å². The Morgan fingerprint density at radius 1 is 1.00 bits per heavy atom. The molecule has 0 saturated carbocycles. The number of hydrogen-bond donors (Lipinski definition) is 0. The molecule has 0 radical (unpaired) electrons. The Morgan fingerprint density at radius 3 is 2.26 bits per heavy atom. The maximum absolute atomic E-state index is 13.5. The third-order valence-electron chi connectivity index (χ3n) is 5.62. The zero-order chi connectivity index (χ0) is 19.3. The lowest BCUT2D eigenvalue weighted by atomic mass is 9.78. The number of unbranched alkanes of at least 4 members (excludes halogenated alkanes) is 2. The number of nitriles is 1. The van der Waals surface area contributed by atoms with Gasteiger partial charge in [0.15, 0.2) is 0 Å². The molecule has 1 atom stereocenters. The predicted octanol–water partition coefficient (Wildman–Crippen LogP) is 5.55. The molecular formula is C24H26N2O. The number of rotatable bonds is 7. The van der Waals surface area contributed by atoms with E-state index in [0.717, 1.165) is 41.7 Å². The van der Waals surface area contributed by atoms with Crippen LogP contribution in [0.1, 0.15) is 50.7 Å². The number of nitrogens with zero attached hydrogens (tertiary/aromatic N) is 2. The van der Waals surface area contributed by atoms with E-state index >= 15 is 0 Å². The monoisotopic (exact) mass is 358 g/mol. The Bertz CT molecular complexity index is 864. The van der Waals surface area contributed by atoms with Crippen molar-refractivity contribution < 1.29 is 4.79 Å². The van der Waals surface area contributed by atoms with Crippen molar-refractivity contribution >= 4 is 11.6 Å². The summed E-state index contributed by atoms with van der Waals surface area (Å²) in [5.41, 5.74) is 3.87. The SMILES string of the molecule is CC1=C(c2ccccc2)N(Cc2ccccc2)C(=O)C1(C)CCCCC#N. The minimum Gasteiger partial charge on any atom is -0.307 e. The summed E-state index contributed by atoms with van der Waals surface area (Å²) in [6.45, 7) is 4.73. The molecule has 2 aromatic carbocycles. The molecule has 1 heterocycles. The zero-order valence-corrected chi connectivity index (χ0v) is 16.1. The molecule has 1 aliphatic rings. The molecule has 0 bridgehead atoms. The lowest BCUT2D eigenvalue weighted by molar-refractivity contribution is -0.134. The molecular weight excluding hydrogens is 332 g/mol. The summed E-state index contributed by atoms with van der Waals surface area (Å²) >= 11 is 0. The summed E-state index contributed by atoms with van der Waals surface area (Å²) in [5.74, 6) is 0.166. The summed E-state index contributed by atoms with van der Waals surface area (Å²) in [5, 5.41) is 8.79. The van der Waals surface area contributed by atoms with Crippen LogP contribution in [0, 0.1) is 16.7 Å².